The van der Waals surface area contributed by atoms with Crippen LogP contribution in [0.15, 0.2) is 12.1 Å². The van der Waals surface area contributed by atoms with Crippen LogP contribution in [0.5, 0.6) is 0 Å². The van der Waals surface area contributed by atoms with Crippen LogP contribution in [0.2, 0.25) is 5.02 Å². The summed E-state index contributed by atoms with van der Waals surface area (Å²) in [6.45, 7) is 9.69. The van der Waals surface area contributed by atoms with Crippen LogP contribution in [-0.4, -0.2) is 31.1 Å². The minimum Gasteiger partial charge on any atom is -0.314 e. The Bertz CT molecular complexity index is 370. The summed E-state index contributed by atoms with van der Waals surface area (Å²) in [5, 5.41) is 4.27. The fourth-order valence-corrected chi connectivity index (χ4v) is 2.39. The van der Waals surface area contributed by atoms with Gasteiger partial charge in [0.25, 0.3) is 0 Å². The summed E-state index contributed by atoms with van der Waals surface area (Å²) in [4.78, 5) is 2.46. The lowest BCUT2D eigenvalue weighted by molar-refractivity contribution is 0.233. The molecule has 1 aliphatic rings. The quantitative estimate of drug-likeness (QED) is 0.851. The first kappa shape index (κ1) is 11.9. The van der Waals surface area contributed by atoms with Gasteiger partial charge in [-0.15, -0.1) is 0 Å². The van der Waals surface area contributed by atoms with Crippen molar-refractivity contribution in [2.24, 2.45) is 0 Å². The van der Waals surface area contributed by atoms with Crippen molar-refractivity contribution < 1.29 is 0 Å². The Balaban J connectivity index is 2.16. The minimum absolute atomic E-state index is 0.904. The molecule has 0 unspecified atom stereocenters. The zero-order chi connectivity index (χ0) is 11.5. The highest BCUT2D eigenvalue weighted by Gasteiger charge is 2.13. The Hall–Kier alpha value is -0.570. The molecule has 0 amide bonds. The number of hydrogen-bond acceptors (Lipinski definition) is 2. The highest BCUT2D eigenvalue weighted by atomic mass is 35.5. The molecule has 1 fully saturated rings. The first-order valence-electron chi connectivity index (χ1n) is 5.86. The molecular formula is C13H19ClN2. The topological polar surface area (TPSA) is 15.3 Å². The maximum Gasteiger partial charge on any atom is 0.0453 e. The van der Waals surface area contributed by atoms with Gasteiger partial charge in [-0.3, -0.25) is 4.90 Å². The average molecular weight is 239 g/mol. The first-order valence-corrected chi connectivity index (χ1v) is 6.24. The molecular weight excluding hydrogens is 220 g/mol. The largest absolute Gasteiger partial charge is 0.314 e. The summed E-state index contributed by atoms with van der Waals surface area (Å²) in [6, 6.07) is 4.11. The highest BCUT2D eigenvalue weighted by molar-refractivity contribution is 6.31. The molecule has 0 saturated carbocycles. The molecule has 0 aromatic heterocycles. The van der Waals surface area contributed by atoms with Gasteiger partial charge in [-0.25, -0.2) is 0 Å². The van der Waals surface area contributed by atoms with E-state index in [1.165, 1.54) is 16.7 Å². The van der Waals surface area contributed by atoms with Crippen LogP contribution in [0.3, 0.4) is 0 Å². The fourth-order valence-electron chi connectivity index (χ4n) is 2.13. The smallest absolute Gasteiger partial charge is 0.0453 e. The maximum atomic E-state index is 6.28. The molecule has 1 saturated heterocycles. The second-order valence-corrected chi connectivity index (χ2v) is 4.90. The summed E-state index contributed by atoms with van der Waals surface area (Å²) in [7, 11) is 0. The van der Waals surface area contributed by atoms with Crippen LogP contribution < -0.4 is 5.32 Å². The second kappa shape index (κ2) is 5.17. The fraction of sp³-hybridized carbons (Fsp3) is 0.538. The summed E-state index contributed by atoms with van der Waals surface area (Å²) >= 11 is 6.28. The number of nitrogens with zero attached hydrogens (tertiary/aromatic N) is 1. The van der Waals surface area contributed by atoms with E-state index in [0.717, 1.165) is 37.7 Å². The molecule has 0 radical (unpaired) electrons. The van der Waals surface area contributed by atoms with E-state index in [2.05, 4.69) is 30.1 Å². The Morgan fingerprint density at radius 2 is 1.94 bits per heavy atom. The average Bonchev–Trinajstić information content (AvgIpc) is 2.31. The molecule has 0 bridgehead atoms. The maximum absolute atomic E-state index is 6.28. The van der Waals surface area contributed by atoms with Crippen molar-refractivity contribution in [3.05, 3.63) is 33.8 Å². The van der Waals surface area contributed by atoms with E-state index in [1.54, 1.807) is 0 Å². The lowest BCUT2D eigenvalue weighted by Gasteiger charge is -2.28. The van der Waals surface area contributed by atoms with E-state index in [0.29, 0.717) is 0 Å². The molecule has 1 aliphatic heterocycles. The predicted octanol–water partition coefficient (Wildman–Crippen LogP) is 2.36. The lowest BCUT2D eigenvalue weighted by atomic mass is 10.0. The third kappa shape index (κ3) is 2.57. The van der Waals surface area contributed by atoms with E-state index < -0.39 is 0 Å². The molecule has 1 aromatic rings. The second-order valence-electron chi connectivity index (χ2n) is 4.49. The molecule has 2 nitrogen and oxygen atoms in total. The number of rotatable bonds is 2. The van der Waals surface area contributed by atoms with Crippen molar-refractivity contribution in [1.82, 2.24) is 10.2 Å². The van der Waals surface area contributed by atoms with E-state index in [9.17, 15) is 0 Å². The van der Waals surface area contributed by atoms with Crippen molar-refractivity contribution in [1.29, 1.82) is 0 Å². The molecule has 2 rings (SSSR count). The van der Waals surface area contributed by atoms with Crippen LogP contribution in [0.1, 0.15) is 16.7 Å². The SMILES string of the molecule is Cc1ccc(Cl)c(CN2CCNCC2)c1C. The molecule has 88 valence electrons. The number of halogens is 1. The van der Waals surface area contributed by atoms with Gasteiger partial charge >= 0.3 is 0 Å². The van der Waals surface area contributed by atoms with E-state index in [-0.39, 0.29) is 0 Å². The molecule has 0 aliphatic carbocycles. The van der Waals surface area contributed by atoms with Gasteiger partial charge in [-0.1, -0.05) is 17.7 Å². The summed E-state index contributed by atoms with van der Waals surface area (Å²) < 4.78 is 0. The molecule has 0 atom stereocenters. The van der Waals surface area contributed by atoms with Gasteiger partial charge in [0, 0.05) is 37.7 Å². The molecule has 1 N–H and O–H groups in total. The zero-order valence-electron chi connectivity index (χ0n) is 10.0. The van der Waals surface area contributed by atoms with Gasteiger partial charge in [0.1, 0.15) is 0 Å². The third-order valence-corrected chi connectivity index (χ3v) is 3.76. The normalized spacial score (nSPS) is 17.7. The standard InChI is InChI=1S/C13H19ClN2/c1-10-3-4-13(14)12(11(10)2)9-16-7-5-15-6-8-16/h3-4,15H,5-9H2,1-2H3. The number of nitrogens with one attached hydrogen (secondary N) is 1. The summed E-state index contributed by atoms with van der Waals surface area (Å²) in [5.41, 5.74) is 3.96. The Morgan fingerprint density at radius 1 is 1.25 bits per heavy atom. The van der Waals surface area contributed by atoms with Gasteiger partial charge in [0.15, 0.2) is 0 Å². The molecule has 16 heavy (non-hydrogen) atoms. The van der Waals surface area contributed by atoms with Crippen LogP contribution in [-0.2, 0) is 6.54 Å². The lowest BCUT2D eigenvalue weighted by Crippen LogP contribution is -2.43. The highest BCUT2D eigenvalue weighted by Crippen LogP contribution is 2.24. The number of hydrogen-bond donors (Lipinski definition) is 1. The van der Waals surface area contributed by atoms with Crippen molar-refractivity contribution in [3.63, 3.8) is 0 Å². The van der Waals surface area contributed by atoms with Gasteiger partial charge in [0.05, 0.1) is 0 Å². The minimum atomic E-state index is 0.904. The summed E-state index contributed by atoms with van der Waals surface area (Å²) in [6.07, 6.45) is 0. The summed E-state index contributed by atoms with van der Waals surface area (Å²) in [5.74, 6) is 0. The van der Waals surface area contributed by atoms with Crippen molar-refractivity contribution >= 4 is 11.6 Å². The van der Waals surface area contributed by atoms with Gasteiger partial charge in [-0.2, -0.15) is 0 Å². The van der Waals surface area contributed by atoms with E-state index in [1.807, 2.05) is 6.07 Å². The van der Waals surface area contributed by atoms with Gasteiger partial charge < -0.3 is 5.32 Å². The van der Waals surface area contributed by atoms with E-state index in [4.69, 9.17) is 11.6 Å². The molecule has 3 heteroatoms. The third-order valence-electron chi connectivity index (χ3n) is 3.40. The van der Waals surface area contributed by atoms with Gasteiger partial charge in [-0.05, 0) is 36.6 Å². The van der Waals surface area contributed by atoms with Crippen molar-refractivity contribution in [3.8, 4) is 0 Å². The Morgan fingerprint density at radius 3 is 2.62 bits per heavy atom. The van der Waals surface area contributed by atoms with E-state index >= 15 is 0 Å². The number of piperazine rings is 1. The first-order chi connectivity index (χ1) is 7.68. The Labute approximate surface area is 103 Å². The van der Waals surface area contributed by atoms with Crippen molar-refractivity contribution in [2.45, 2.75) is 20.4 Å². The zero-order valence-corrected chi connectivity index (χ0v) is 10.8. The van der Waals surface area contributed by atoms with Crippen LogP contribution in [0.4, 0.5) is 0 Å². The van der Waals surface area contributed by atoms with Gasteiger partial charge in [0.2, 0.25) is 0 Å². The van der Waals surface area contributed by atoms with Crippen LogP contribution in [0.25, 0.3) is 0 Å². The monoisotopic (exact) mass is 238 g/mol. The number of benzene rings is 1. The Kier molecular flexibility index (Phi) is 3.85. The van der Waals surface area contributed by atoms with Crippen LogP contribution in [0, 0.1) is 13.8 Å². The molecule has 1 heterocycles. The predicted molar refractivity (Wildman–Crippen MR) is 69.1 cm³/mol. The number of aryl methyl sites for hydroxylation is 1. The molecule has 1 aromatic carbocycles. The molecule has 0 spiro atoms. The van der Waals surface area contributed by atoms with Crippen LogP contribution >= 0.6 is 11.6 Å². The van der Waals surface area contributed by atoms with Crippen molar-refractivity contribution in [2.75, 3.05) is 26.2 Å².